The number of amides is 1. The molecule has 1 amide bonds. The molecule has 29 heavy (non-hydrogen) atoms. The van der Waals surface area contributed by atoms with E-state index in [1.165, 1.54) is 5.56 Å². The molecule has 1 saturated heterocycles. The summed E-state index contributed by atoms with van der Waals surface area (Å²) in [4.78, 5) is 22.7. The van der Waals surface area contributed by atoms with E-state index in [2.05, 4.69) is 39.3 Å². The maximum absolute atomic E-state index is 13.1. The van der Waals surface area contributed by atoms with Crippen molar-refractivity contribution in [2.75, 3.05) is 26.2 Å². The van der Waals surface area contributed by atoms with Gasteiger partial charge in [-0.05, 0) is 24.6 Å². The second kappa shape index (κ2) is 9.24. The molecule has 1 aromatic heterocycles. The molecular formula is C22H24N4O2S. The van der Waals surface area contributed by atoms with E-state index in [1.54, 1.807) is 18.7 Å². The van der Waals surface area contributed by atoms with Crippen LogP contribution < -0.4 is 0 Å². The average molecular weight is 409 g/mol. The summed E-state index contributed by atoms with van der Waals surface area (Å²) in [5, 5.41) is 3.82. The highest BCUT2D eigenvalue weighted by Gasteiger charge is 2.24. The lowest BCUT2D eigenvalue weighted by atomic mass is 10.1. The van der Waals surface area contributed by atoms with Crippen molar-refractivity contribution >= 4 is 17.7 Å². The van der Waals surface area contributed by atoms with Crippen molar-refractivity contribution in [3.8, 4) is 0 Å². The van der Waals surface area contributed by atoms with Gasteiger partial charge in [0.15, 0.2) is 5.82 Å². The molecule has 0 unspecified atom stereocenters. The first-order valence-electron chi connectivity index (χ1n) is 9.75. The van der Waals surface area contributed by atoms with Crippen molar-refractivity contribution in [3.63, 3.8) is 0 Å². The van der Waals surface area contributed by atoms with Gasteiger partial charge < -0.3 is 9.42 Å². The minimum atomic E-state index is 0.0918. The lowest BCUT2D eigenvalue weighted by Gasteiger charge is -2.35. The Hall–Kier alpha value is -2.64. The van der Waals surface area contributed by atoms with Crippen molar-refractivity contribution < 1.29 is 9.32 Å². The van der Waals surface area contributed by atoms with Gasteiger partial charge in [-0.25, -0.2) is 0 Å². The summed E-state index contributed by atoms with van der Waals surface area (Å²) in [6, 6.07) is 18.2. The van der Waals surface area contributed by atoms with Gasteiger partial charge in [-0.15, -0.1) is 11.8 Å². The van der Waals surface area contributed by atoms with Crippen LogP contribution in [-0.2, 0) is 12.3 Å². The minimum Gasteiger partial charge on any atom is -0.338 e. The van der Waals surface area contributed by atoms with Crippen molar-refractivity contribution in [2.24, 2.45) is 0 Å². The number of carbonyl (C=O) groups is 1. The molecular weight excluding hydrogens is 384 g/mol. The maximum Gasteiger partial charge on any atom is 0.255 e. The summed E-state index contributed by atoms with van der Waals surface area (Å²) in [6.07, 6.45) is 0. The van der Waals surface area contributed by atoms with Gasteiger partial charge >= 0.3 is 0 Å². The number of aryl methyl sites for hydroxylation is 1. The molecule has 7 heteroatoms. The fourth-order valence-corrected chi connectivity index (χ4v) is 4.31. The Morgan fingerprint density at radius 2 is 1.76 bits per heavy atom. The maximum atomic E-state index is 13.1. The largest absolute Gasteiger partial charge is 0.338 e. The summed E-state index contributed by atoms with van der Waals surface area (Å²) >= 11 is 1.55. The number of rotatable bonds is 6. The van der Waals surface area contributed by atoms with Gasteiger partial charge in [0, 0.05) is 37.6 Å². The van der Waals surface area contributed by atoms with E-state index in [0.29, 0.717) is 17.5 Å². The molecule has 0 saturated carbocycles. The van der Waals surface area contributed by atoms with Gasteiger partial charge in [-0.1, -0.05) is 47.6 Å². The van der Waals surface area contributed by atoms with Crippen LogP contribution in [0.25, 0.3) is 0 Å². The van der Waals surface area contributed by atoms with Crippen LogP contribution in [0.15, 0.2) is 64.0 Å². The summed E-state index contributed by atoms with van der Waals surface area (Å²) < 4.78 is 5.18. The van der Waals surface area contributed by atoms with Gasteiger partial charge in [-0.3, -0.25) is 9.69 Å². The molecule has 0 atom stereocenters. The second-order valence-electron chi connectivity index (χ2n) is 7.07. The molecule has 4 rings (SSSR count). The van der Waals surface area contributed by atoms with Crippen LogP contribution in [0, 0.1) is 6.92 Å². The van der Waals surface area contributed by atoms with Crippen molar-refractivity contribution in [1.82, 2.24) is 19.9 Å². The molecule has 0 N–H and O–H groups in total. The molecule has 0 bridgehead atoms. The van der Waals surface area contributed by atoms with Crippen LogP contribution in [0.1, 0.15) is 27.6 Å². The SMILES string of the molecule is Cc1noc(CSc2ccccc2C(=O)N2CCN(Cc3ccccc3)CC2)n1. The highest BCUT2D eigenvalue weighted by Crippen LogP contribution is 2.27. The Kier molecular flexibility index (Phi) is 6.27. The number of benzene rings is 2. The molecule has 1 fully saturated rings. The smallest absolute Gasteiger partial charge is 0.255 e. The molecule has 1 aliphatic rings. The quantitative estimate of drug-likeness (QED) is 0.581. The van der Waals surface area contributed by atoms with Gasteiger partial charge in [0.2, 0.25) is 5.89 Å². The summed E-state index contributed by atoms with van der Waals surface area (Å²) in [7, 11) is 0. The molecule has 0 aliphatic carbocycles. The van der Waals surface area contributed by atoms with Gasteiger partial charge in [-0.2, -0.15) is 4.98 Å². The molecule has 2 aromatic carbocycles. The Morgan fingerprint density at radius 1 is 1.03 bits per heavy atom. The molecule has 0 radical (unpaired) electrons. The zero-order valence-electron chi connectivity index (χ0n) is 16.5. The number of thioether (sulfide) groups is 1. The van der Waals surface area contributed by atoms with E-state index in [-0.39, 0.29) is 5.91 Å². The summed E-state index contributed by atoms with van der Waals surface area (Å²) in [5.41, 5.74) is 2.05. The predicted molar refractivity (Wildman–Crippen MR) is 113 cm³/mol. The minimum absolute atomic E-state index is 0.0918. The Morgan fingerprint density at radius 3 is 2.48 bits per heavy atom. The number of aromatic nitrogens is 2. The van der Waals surface area contributed by atoms with Gasteiger partial charge in [0.1, 0.15) is 0 Å². The highest BCUT2D eigenvalue weighted by atomic mass is 32.2. The number of piperazine rings is 1. The van der Waals surface area contributed by atoms with Crippen LogP contribution in [0.4, 0.5) is 0 Å². The first-order chi connectivity index (χ1) is 14.2. The second-order valence-corrected chi connectivity index (χ2v) is 8.09. The van der Waals surface area contributed by atoms with Gasteiger partial charge in [0.05, 0.1) is 11.3 Å². The van der Waals surface area contributed by atoms with E-state index >= 15 is 0 Å². The molecule has 3 aromatic rings. The topological polar surface area (TPSA) is 62.5 Å². The Balaban J connectivity index is 1.36. The number of nitrogens with zero attached hydrogens (tertiary/aromatic N) is 4. The van der Waals surface area contributed by atoms with Gasteiger partial charge in [0.25, 0.3) is 5.91 Å². The monoisotopic (exact) mass is 408 g/mol. The third kappa shape index (κ3) is 5.05. The third-order valence-electron chi connectivity index (χ3n) is 4.95. The lowest BCUT2D eigenvalue weighted by molar-refractivity contribution is 0.0625. The average Bonchev–Trinajstić information content (AvgIpc) is 3.18. The Labute approximate surface area is 174 Å². The van der Waals surface area contributed by atoms with E-state index in [4.69, 9.17) is 4.52 Å². The Bertz CT molecular complexity index is 952. The van der Waals surface area contributed by atoms with Crippen LogP contribution in [-0.4, -0.2) is 52.0 Å². The van der Waals surface area contributed by atoms with Crippen molar-refractivity contribution in [2.45, 2.75) is 24.1 Å². The van der Waals surface area contributed by atoms with Crippen LogP contribution in [0.3, 0.4) is 0 Å². The summed E-state index contributed by atoms with van der Waals surface area (Å²) in [5.74, 6) is 1.84. The van der Waals surface area contributed by atoms with E-state index in [9.17, 15) is 4.79 Å². The first kappa shape index (κ1) is 19.7. The number of carbonyl (C=O) groups excluding carboxylic acids is 1. The normalized spacial score (nSPS) is 14.9. The van der Waals surface area contributed by atoms with Crippen molar-refractivity contribution in [1.29, 1.82) is 0 Å². The standard InChI is InChI=1S/C22H24N4O2S/c1-17-23-21(28-24-17)16-29-20-10-6-5-9-19(20)22(27)26-13-11-25(12-14-26)15-18-7-3-2-4-8-18/h2-10H,11-16H2,1H3. The fraction of sp³-hybridized carbons (Fsp3) is 0.318. The number of hydrogen-bond donors (Lipinski definition) is 0. The summed E-state index contributed by atoms with van der Waals surface area (Å²) in [6.45, 7) is 5.99. The highest BCUT2D eigenvalue weighted by molar-refractivity contribution is 7.98. The van der Waals surface area contributed by atoms with Crippen LogP contribution >= 0.6 is 11.8 Å². The molecule has 0 spiro atoms. The fourth-order valence-electron chi connectivity index (χ4n) is 3.43. The molecule has 1 aliphatic heterocycles. The number of hydrogen-bond acceptors (Lipinski definition) is 6. The van der Waals surface area contributed by atoms with E-state index < -0.39 is 0 Å². The lowest BCUT2D eigenvalue weighted by Crippen LogP contribution is -2.48. The molecule has 6 nitrogen and oxygen atoms in total. The third-order valence-corrected chi connectivity index (χ3v) is 6.01. The zero-order valence-corrected chi connectivity index (χ0v) is 17.3. The van der Waals surface area contributed by atoms with E-state index in [1.807, 2.05) is 35.2 Å². The van der Waals surface area contributed by atoms with E-state index in [0.717, 1.165) is 43.2 Å². The zero-order chi connectivity index (χ0) is 20.1. The predicted octanol–water partition coefficient (Wildman–Crippen LogP) is 3.63. The van der Waals surface area contributed by atoms with Crippen molar-refractivity contribution in [3.05, 3.63) is 77.4 Å². The molecule has 2 heterocycles. The van der Waals surface area contributed by atoms with Crippen LogP contribution in [0.2, 0.25) is 0 Å². The first-order valence-corrected chi connectivity index (χ1v) is 10.7. The molecule has 150 valence electrons. The van der Waals surface area contributed by atoms with Crippen LogP contribution in [0.5, 0.6) is 0 Å².